The third kappa shape index (κ3) is 5.71. The molecule has 0 atom stereocenters. The number of aliphatic carboxylic acids is 1. The summed E-state index contributed by atoms with van der Waals surface area (Å²) in [5.74, 6) is -1.70. The van der Waals surface area contributed by atoms with Gasteiger partial charge >= 0.3 is 12.1 Å². The van der Waals surface area contributed by atoms with Crippen molar-refractivity contribution in [2.45, 2.75) is 31.9 Å². The smallest absolute Gasteiger partial charge is 0.475 e. The summed E-state index contributed by atoms with van der Waals surface area (Å²) < 4.78 is 33.5. The number of rotatable bonds is 3. The van der Waals surface area contributed by atoms with Crippen molar-refractivity contribution in [3.8, 4) is 0 Å². The predicted octanol–water partition coefficient (Wildman–Crippen LogP) is 2.64. The van der Waals surface area contributed by atoms with E-state index in [0.29, 0.717) is 26.1 Å². The number of likely N-dealkylation sites (tertiary alicyclic amines) is 1. The number of carbonyl (C=O) groups excluding carboxylic acids is 2. The van der Waals surface area contributed by atoms with Crippen LogP contribution in [0.25, 0.3) is 0 Å². The quantitative estimate of drug-likeness (QED) is 0.751. The maximum Gasteiger partial charge on any atom is 0.490 e. The fourth-order valence-electron chi connectivity index (χ4n) is 4.12. The lowest BCUT2D eigenvalue weighted by Crippen LogP contribution is -2.47. The summed E-state index contributed by atoms with van der Waals surface area (Å²) in [5, 5.41) is 11.5. The van der Waals surface area contributed by atoms with Gasteiger partial charge in [0.05, 0.1) is 11.8 Å². The topological polar surface area (TPSA) is 95.7 Å². The first-order chi connectivity index (χ1) is 15.5. The first kappa shape index (κ1) is 24.3. The number of anilines is 1. The van der Waals surface area contributed by atoms with Crippen LogP contribution in [0.1, 0.15) is 24.8 Å². The molecule has 3 heterocycles. The number of carboxylic acid groups (broad SMARTS) is 1. The number of alkyl halides is 3. The molecule has 1 spiro atoms. The van der Waals surface area contributed by atoms with Gasteiger partial charge in [-0.1, -0.05) is 30.3 Å². The Morgan fingerprint density at radius 3 is 2.15 bits per heavy atom. The number of nitrogens with zero attached hydrogens (tertiary/aromatic N) is 4. The summed E-state index contributed by atoms with van der Waals surface area (Å²) in [6, 6.07) is 11.7. The molecular formula is C22H25F3N4O4. The average molecular weight is 466 g/mol. The lowest BCUT2D eigenvalue weighted by Gasteiger charge is -2.38. The Labute approximate surface area is 188 Å². The van der Waals surface area contributed by atoms with Gasteiger partial charge in [-0.2, -0.15) is 18.3 Å². The lowest BCUT2D eigenvalue weighted by atomic mass is 9.77. The highest BCUT2D eigenvalue weighted by atomic mass is 19.4. The predicted molar refractivity (Wildman–Crippen MR) is 112 cm³/mol. The van der Waals surface area contributed by atoms with Gasteiger partial charge in [0.2, 0.25) is 11.8 Å². The number of aryl methyl sites for hydroxylation is 1. The van der Waals surface area contributed by atoms with Crippen LogP contribution in [0.2, 0.25) is 0 Å². The van der Waals surface area contributed by atoms with Crippen LogP contribution < -0.4 is 4.90 Å². The number of carbonyl (C=O) groups is 3. The Balaban J connectivity index is 0.000000383. The standard InChI is InChI=1S/C20H24N4O2.C2HF3O2/c1-22-11-7-17(21-22)24-14-10-20(19(24)26)8-12-23(13-9-20)18(25)15-16-5-3-2-4-6-16;3-2(4,5)1(6)7/h2-7,11H,8-10,12-15H2,1H3;(H,6,7). The molecule has 1 aromatic carbocycles. The van der Waals surface area contributed by atoms with E-state index in [1.54, 1.807) is 9.58 Å². The van der Waals surface area contributed by atoms with Crippen LogP contribution in [0, 0.1) is 5.41 Å². The van der Waals surface area contributed by atoms with Gasteiger partial charge in [-0.15, -0.1) is 0 Å². The van der Waals surface area contributed by atoms with E-state index < -0.39 is 12.1 Å². The molecule has 0 radical (unpaired) electrons. The van der Waals surface area contributed by atoms with Gasteiger partial charge in [0.25, 0.3) is 0 Å². The third-order valence-electron chi connectivity index (χ3n) is 6.00. The molecule has 2 saturated heterocycles. The van der Waals surface area contributed by atoms with E-state index in [2.05, 4.69) is 5.10 Å². The van der Waals surface area contributed by atoms with Gasteiger partial charge in [-0.05, 0) is 24.8 Å². The van der Waals surface area contributed by atoms with Crippen molar-refractivity contribution in [2.75, 3.05) is 24.5 Å². The van der Waals surface area contributed by atoms with Crippen molar-refractivity contribution in [3.05, 3.63) is 48.2 Å². The number of hydrogen-bond acceptors (Lipinski definition) is 4. The summed E-state index contributed by atoms with van der Waals surface area (Å²) >= 11 is 0. The molecule has 2 amide bonds. The number of aromatic nitrogens is 2. The van der Waals surface area contributed by atoms with Crippen molar-refractivity contribution < 1.29 is 32.7 Å². The Bertz CT molecular complexity index is 999. The van der Waals surface area contributed by atoms with Crippen molar-refractivity contribution >= 4 is 23.6 Å². The van der Waals surface area contributed by atoms with Gasteiger partial charge in [0.1, 0.15) is 0 Å². The molecule has 178 valence electrons. The number of amides is 2. The molecule has 2 fully saturated rings. The van der Waals surface area contributed by atoms with E-state index in [4.69, 9.17) is 9.90 Å². The minimum atomic E-state index is -5.08. The van der Waals surface area contributed by atoms with Crippen LogP contribution in [0.5, 0.6) is 0 Å². The zero-order valence-corrected chi connectivity index (χ0v) is 18.1. The number of piperidine rings is 1. The number of halogens is 3. The molecule has 11 heteroatoms. The monoisotopic (exact) mass is 466 g/mol. The highest BCUT2D eigenvalue weighted by Gasteiger charge is 2.49. The van der Waals surface area contributed by atoms with Crippen LogP contribution in [0.3, 0.4) is 0 Å². The molecule has 0 bridgehead atoms. The first-order valence-electron chi connectivity index (χ1n) is 10.5. The second-order valence-electron chi connectivity index (χ2n) is 8.18. The van der Waals surface area contributed by atoms with Gasteiger partial charge < -0.3 is 10.0 Å². The Morgan fingerprint density at radius 2 is 1.64 bits per heavy atom. The summed E-state index contributed by atoms with van der Waals surface area (Å²) in [5.41, 5.74) is 0.720. The molecule has 2 aliphatic heterocycles. The number of carboxylic acids is 1. The van der Waals surface area contributed by atoms with E-state index in [-0.39, 0.29) is 17.2 Å². The van der Waals surface area contributed by atoms with Gasteiger partial charge in [-0.3, -0.25) is 19.2 Å². The Morgan fingerprint density at radius 1 is 1.06 bits per heavy atom. The van der Waals surface area contributed by atoms with E-state index in [1.807, 2.05) is 54.5 Å². The highest BCUT2D eigenvalue weighted by molar-refractivity contribution is 5.99. The molecule has 0 saturated carbocycles. The summed E-state index contributed by atoms with van der Waals surface area (Å²) in [7, 11) is 1.86. The molecule has 0 unspecified atom stereocenters. The van der Waals surface area contributed by atoms with E-state index >= 15 is 0 Å². The zero-order chi connectivity index (χ0) is 24.2. The van der Waals surface area contributed by atoms with Crippen LogP contribution in [0.4, 0.5) is 19.0 Å². The van der Waals surface area contributed by atoms with E-state index in [0.717, 1.165) is 30.6 Å². The van der Waals surface area contributed by atoms with Crippen molar-refractivity contribution in [1.82, 2.24) is 14.7 Å². The van der Waals surface area contributed by atoms with Crippen molar-refractivity contribution in [2.24, 2.45) is 12.5 Å². The molecule has 8 nitrogen and oxygen atoms in total. The van der Waals surface area contributed by atoms with Crippen LogP contribution in [0.15, 0.2) is 42.6 Å². The Kier molecular flexibility index (Phi) is 7.09. The second kappa shape index (κ2) is 9.63. The molecule has 4 rings (SSSR count). The summed E-state index contributed by atoms with van der Waals surface area (Å²) in [4.78, 5) is 38.2. The second-order valence-corrected chi connectivity index (χ2v) is 8.18. The molecule has 33 heavy (non-hydrogen) atoms. The normalized spacial score (nSPS) is 17.6. The molecule has 1 N–H and O–H groups in total. The molecular weight excluding hydrogens is 441 g/mol. The van der Waals surface area contributed by atoms with Crippen molar-refractivity contribution in [3.63, 3.8) is 0 Å². The maximum atomic E-state index is 13.0. The lowest BCUT2D eigenvalue weighted by molar-refractivity contribution is -0.192. The SMILES string of the molecule is Cn1ccc(N2CCC3(CCN(C(=O)Cc4ccccc4)CC3)C2=O)n1.O=C(O)C(F)(F)F. The van der Waals surface area contributed by atoms with E-state index in [1.165, 1.54) is 0 Å². The van der Waals surface area contributed by atoms with Gasteiger partial charge in [0.15, 0.2) is 5.82 Å². The minimum absolute atomic E-state index is 0.151. The van der Waals surface area contributed by atoms with Crippen LogP contribution in [-0.2, 0) is 27.9 Å². The van der Waals surface area contributed by atoms with Gasteiger partial charge in [-0.25, -0.2) is 4.79 Å². The van der Waals surface area contributed by atoms with Crippen molar-refractivity contribution in [1.29, 1.82) is 0 Å². The summed E-state index contributed by atoms with van der Waals surface area (Å²) in [6.07, 6.45) is -0.450. The fourth-order valence-corrected chi connectivity index (χ4v) is 4.12. The molecule has 1 aromatic heterocycles. The van der Waals surface area contributed by atoms with Crippen LogP contribution >= 0.6 is 0 Å². The van der Waals surface area contributed by atoms with Gasteiger partial charge in [0, 0.05) is 38.9 Å². The highest BCUT2D eigenvalue weighted by Crippen LogP contribution is 2.42. The number of benzene rings is 1. The molecule has 2 aromatic rings. The van der Waals surface area contributed by atoms with Crippen LogP contribution in [-0.4, -0.2) is 63.4 Å². The van der Waals surface area contributed by atoms with E-state index in [9.17, 15) is 22.8 Å². The zero-order valence-electron chi connectivity index (χ0n) is 18.1. The number of hydrogen-bond donors (Lipinski definition) is 1. The largest absolute Gasteiger partial charge is 0.490 e. The minimum Gasteiger partial charge on any atom is -0.475 e. The summed E-state index contributed by atoms with van der Waals surface area (Å²) in [6.45, 7) is 2.04. The Hall–Kier alpha value is -3.37. The molecule has 0 aliphatic carbocycles. The first-order valence-corrected chi connectivity index (χ1v) is 10.5. The maximum absolute atomic E-state index is 13.0. The molecule has 2 aliphatic rings. The fraction of sp³-hybridized carbons (Fsp3) is 0.455. The third-order valence-corrected chi connectivity index (χ3v) is 6.00. The average Bonchev–Trinajstić information content (AvgIpc) is 3.33.